The van der Waals surface area contributed by atoms with Gasteiger partial charge in [0.25, 0.3) is 0 Å². The van der Waals surface area contributed by atoms with Crippen LogP contribution in [0.5, 0.6) is 0 Å². The molecule has 2 heterocycles. The van der Waals surface area contributed by atoms with Crippen LogP contribution in [0.4, 0.5) is 0 Å². The molecule has 1 aromatic heterocycles. The van der Waals surface area contributed by atoms with E-state index in [1.54, 1.807) is 11.3 Å². The smallest absolute Gasteiger partial charge is 0.236 e. The molecule has 106 valence electrons. The predicted molar refractivity (Wildman–Crippen MR) is 80.3 cm³/mol. The van der Waals surface area contributed by atoms with E-state index in [1.807, 2.05) is 7.05 Å². The highest BCUT2D eigenvalue weighted by molar-refractivity contribution is 7.09. The Hall–Kier alpha value is -0.870. The Bertz CT molecular complexity index is 391. The van der Waals surface area contributed by atoms with E-state index in [1.165, 1.54) is 17.7 Å². The van der Waals surface area contributed by atoms with Gasteiger partial charge in [-0.05, 0) is 44.2 Å². The fourth-order valence-electron chi connectivity index (χ4n) is 2.80. The van der Waals surface area contributed by atoms with Crippen molar-refractivity contribution in [2.45, 2.75) is 45.2 Å². The average Bonchev–Trinajstić information content (AvgIpc) is 2.91. The van der Waals surface area contributed by atoms with Crippen LogP contribution in [0.3, 0.4) is 0 Å². The molecule has 2 rings (SSSR count). The third-order valence-electron chi connectivity index (χ3n) is 3.83. The fraction of sp³-hybridized carbons (Fsp3) is 0.667. The molecule has 1 amide bonds. The van der Waals surface area contributed by atoms with Gasteiger partial charge in [-0.3, -0.25) is 9.69 Å². The molecular weight excluding hydrogens is 256 g/mol. The predicted octanol–water partition coefficient (Wildman–Crippen LogP) is 2.97. The lowest BCUT2D eigenvalue weighted by Crippen LogP contribution is -2.47. The number of rotatable bonds is 5. The summed E-state index contributed by atoms with van der Waals surface area (Å²) >= 11 is 1.75. The molecule has 0 aromatic carbocycles. The molecule has 1 aliphatic heterocycles. The fourth-order valence-corrected chi connectivity index (χ4v) is 3.58. The van der Waals surface area contributed by atoms with E-state index in [4.69, 9.17) is 0 Å². The number of likely N-dealkylation sites (tertiary alicyclic amines) is 1. The Kier molecular flexibility index (Phi) is 5.40. The monoisotopic (exact) mass is 280 g/mol. The summed E-state index contributed by atoms with van der Waals surface area (Å²) in [7, 11) is 2.03. The van der Waals surface area contributed by atoms with Gasteiger partial charge in [0, 0.05) is 24.0 Å². The number of hydrogen-bond acceptors (Lipinski definition) is 3. The number of hydrogen-bond donors (Lipinski definition) is 0. The second-order valence-electron chi connectivity index (χ2n) is 5.40. The first-order chi connectivity index (χ1) is 9.20. The van der Waals surface area contributed by atoms with Crippen molar-refractivity contribution in [3.05, 3.63) is 22.4 Å². The number of amides is 1. The first-order valence-electron chi connectivity index (χ1n) is 7.21. The summed E-state index contributed by atoms with van der Waals surface area (Å²) in [5.41, 5.74) is 0. The molecule has 1 aliphatic rings. The molecule has 0 bridgehead atoms. The van der Waals surface area contributed by atoms with E-state index in [2.05, 4.69) is 34.2 Å². The molecule has 4 heteroatoms. The van der Waals surface area contributed by atoms with E-state index in [0.29, 0.717) is 18.5 Å². The van der Waals surface area contributed by atoms with Crippen LogP contribution in [0.15, 0.2) is 17.5 Å². The van der Waals surface area contributed by atoms with Crippen LogP contribution in [0, 0.1) is 0 Å². The third kappa shape index (κ3) is 4.05. The zero-order valence-corrected chi connectivity index (χ0v) is 12.8. The highest BCUT2D eigenvalue weighted by Crippen LogP contribution is 2.20. The zero-order valence-electron chi connectivity index (χ0n) is 12.0. The van der Waals surface area contributed by atoms with Crippen LogP contribution < -0.4 is 0 Å². The summed E-state index contributed by atoms with van der Waals surface area (Å²) in [6.45, 7) is 4.54. The number of piperidine rings is 1. The van der Waals surface area contributed by atoms with Crippen LogP contribution in [-0.2, 0) is 11.3 Å². The SMILES string of the molecule is CCC1CCCCN1C(=O)CN(C)Cc1cccs1. The molecule has 19 heavy (non-hydrogen) atoms. The van der Waals surface area contributed by atoms with Crippen LogP contribution in [-0.4, -0.2) is 41.9 Å². The van der Waals surface area contributed by atoms with Gasteiger partial charge in [0.2, 0.25) is 5.91 Å². The topological polar surface area (TPSA) is 23.6 Å². The van der Waals surface area contributed by atoms with Gasteiger partial charge >= 0.3 is 0 Å². The van der Waals surface area contributed by atoms with Crippen molar-refractivity contribution in [2.24, 2.45) is 0 Å². The molecule has 3 nitrogen and oxygen atoms in total. The van der Waals surface area contributed by atoms with Gasteiger partial charge in [-0.25, -0.2) is 0 Å². The van der Waals surface area contributed by atoms with Crippen LogP contribution >= 0.6 is 11.3 Å². The lowest BCUT2D eigenvalue weighted by Gasteiger charge is -2.36. The van der Waals surface area contributed by atoms with Gasteiger partial charge in [-0.2, -0.15) is 0 Å². The number of nitrogens with zero attached hydrogens (tertiary/aromatic N) is 2. The molecule has 1 aromatic rings. The minimum atomic E-state index is 0.297. The van der Waals surface area contributed by atoms with Crippen LogP contribution in [0.1, 0.15) is 37.5 Å². The summed E-state index contributed by atoms with van der Waals surface area (Å²) in [5, 5.41) is 2.09. The Morgan fingerprint density at radius 3 is 3.05 bits per heavy atom. The zero-order chi connectivity index (χ0) is 13.7. The van der Waals surface area contributed by atoms with E-state index in [-0.39, 0.29) is 0 Å². The molecule has 0 saturated carbocycles. The van der Waals surface area contributed by atoms with Crippen molar-refractivity contribution >= 4 is 17.2 Å². The number of thiophene rings is 1. The van der Waals surface area contributed by atoms with Gasteiger partial charge in [-0.1, -0.05) is 13.0 Å². The van der Waals surface area contributed by atoms with Gasteiger partial charge in [0.15, 0.2) is 0 Å². The van der Waals surface area contributed by atoms with Crippen molar-refractivity contribution in [1.29, 1.82) is 0 Å². The standard InChI is InChI=1S/C15H24N2OS/c1-3-13-7-4-5-9-17(13)15(18)12-16(2)11-14-8-6-10-19-14/h6,8,10,13H,3-5,7,9,11-12H2,1-2H3. The first kappa shape index (κ1) is 14.5. The Balaban J connectivity index is 1.85. The van der Waals surface area contributed by atoms with E-state index in [0.717, 1.165) is 25.9 Å². The maximum atomic E-state index is 12.4. The quantitative estimate of drug-likeness (QED) is 0.828. The Morgan fingerprint density at radius 1 is 1.53 bits per heavy atom. The highest BCUT2D eigenvalue weighted by atomic mass is 32.1. The van der Waals surface area contributed by atoms with Gasteiger partial charge < -0.3 is 4.90 Å². The lowest BCUT2D eigenvalue weighted by molar-refractivity contribution is -0.136. The van der Waals surface area contributed by atoms with E-state index >= 15 is 0 Å². The molecule has 1 saturated heterocycles. The average molecular weight is 280 g/mol. The molecular formula is C15H24N2OS. The van der Waals surface area contributed by atoms with Crippen LogP contribution in [0.25, 0.3) is 0 Å². The molecule has 1 atom stereocenters. The van der Waals surface area contributed by atoms with Gasteiger partial charge in [0.05, 0.1) is 6.54 Å². The Morgan fingerprint density at radius 2 is 2.37 bits per heavy atom. The van der Waals surface area contributed by atoms with E-state index < -0.39 is 0 Å². The largest absolute Gasteiger partial charge is 0.339 e. The molecule has 0 N–H and O–H groups in total. The first-order valence-corrected chi connectivity index (χ1v) is 8.09. The van der Waals surface area contributed by atoms with Crippen molar-refractivity contribution in [2.75, 3.05) is 20.1 Å². The molecule has 1 unspecified atom stereocenters. The maximum absolute atomic E-state index is 12.4. The molecule has 0 spiro atoms. The Labute approximate surface area is 120 Å². The van der Waals surface area contributed by atoms with Gasteiger partial charge in [-0.15, -0.1) is 11.3 Å². The van der Waals surface area contributed by atoms with Crippen LogP contribution in [0.2, 0.25) is 0 Å². The lowest BCUT2D eigenvalue weighted by atomic mass is 10.00. The number of carbonyl (C=O) groups is 1. The molecule has 0 aliphatic carbocycles. The second-order valence-corrected chi connectivity index (χ2v) is 6.43. The van der Waals surface area contributed by atoms with Crippen molar-refractivity contribution in [3.8, 4) is 0 Å². The highest BCUT2D eigenvalue weighted by Gasteiger charge is 2.25. The second kappa shape index (κ2) is 7.06. The summed E-state index contributed by atoms with van der Waals surface area (Å²) in [5.74, 6) is 0.297. The van der Waals surface area contributed by atoms with E-state index in [9.17, 15) is 4.79 Å². The normalized spacial score (nSPS) is 19.9. The summed E-state index contributed by atoms with van der Waals surface area (Å²) in [6.07, 6.45) is 4.70. The minimum Gasteiger partial charge on any atom is -0.339 e. The summed E-state index contributed by atoms with van der Waals surface area (Å²) in [6, 6.07) is 4.66. The maximum Gasteiger partial charge on any atom is 0.236 e. The van der Waals surface area contributed by atoms with Gasteiger partial charge in [0.1, 0.15) is 0 Å². The van der Waals surface area contributed by atoms with Crippen molar-refractivity contribution < 1.29 is 4.79 Å². The number of likely N-dealkylation sites (N-methyl/N-ethyl adjacent to an activating group) is 1. The molecule has 1 fully saturated rings. The summed E-state index contributed by atoms with van der Waals surface area (Å²) < 4.78 is 0. The number of carbonyl (C=O) groups excluding carboxylic acids is 1. The molecule has 0 radical (unpaired) electrons. The minimum absolute atomic E-state index is 0.297. The third-order valence-corrected chi connectivity index (χ3v) is 4.69. The van der Waals surface area contributed by atoms with Crippen molar-refractivity contribution in [1.82, 2.24) is 9.80 Å². The van der Waals surface area contributed by atoms with Crippen molar-refractivity contribution in [3.63, 3.8) is 0 Å². The summed E-state index contributed by atoms with van der Waals surface area (Å²) in [4.78, 5) is 17.9.